The average molecular weight is 433 g/mol. The molecule has 1 aliphatic rings. The molecule has 5 rings (SSSR count). The highest BCUT2D eigenvalue weighted by atomic mass is 19.1. The van der Waals surface area contributed by atoms with Crippen LogP contribution in [-0.4, -0.2) is 46.2 Å². The fourth-order valence-electron chi connectivity index (χ4n) is 4.14. The molecule has 1 saturated heterocycles. The lowest BCUT2D eigenvalue weighted by atomic mass is 9.89. The summed E-state index contributed by atoms with van der Waals surface area (Å²) < 4.78 is 19.9. The van der Waals surface area contributed by atoms with Crippen LogP contribution < -0.4 is 10.6 Å². The maximum absolute atomic E-state index is 14.4. The van der Waals surface area contributed by atoms with Crippen LogP contribution in [-0.2, 0) is 16.7 Å². The number of ether oxygens (including phenoxy) is 1. The number of nitrogens with one attached hydrogen (secondary N) is 1. The Balaban J connectivity index is 1.61. The number of nitrogens with zero attached hydrogens (tertiary/aromatic N) is 4. The number of nitrogens with two attached hydrogens (primary N) is 1. The molecular weight excluding hydrogens is 407 g/mol. The van der Waals surface area contributed by atoms with Gasteiger partial charge in [0.25, 0.3) is 0 Å². The van der Waals surface area contributed by atoms with Crippen molar-refractivity contribution in [3.8, 4) is 11.4 Å². The van der Waals surface area contributed by atoms with E-state index in [2.05, 4.69) is 14.9 Å². The molecule has 1 unspecified atom stereocenters. The molecule has 3 N–H and O–H groups in total. The smallest absolute Gasteiger partial charge is 0.162 e. The summed E-state index contributed by atoms with van der Waals surface area (Å²) >= 11 is 0. The van der Waals surface area contributed by atoms with Crippen LogP contribution >= 0.6 is 0 Å². The normalized spacial score (nSPS) is 16.3. The van der Waals surface area contributed by atoms with Crippen molar-refractivity contribution < 1.29 is 9.13 Å². The van der Waals surface area contributed by atoms with Gasteiger partial charge in [-0.05, 0) is 36.8 Å². The number of fused-ring (bicyclic) bond motifs is 1. The van der Waals surface area contributed by atoms with Gasteiger partial charge in [-0.2, -0.15) is 0 Å². The molecule has 32 heavy (non-hydrogen) atoms. The number of aromatic nitrogens is 4. The maximum atomic E-state index is 14.4. The number of hydrogen-bond donors (Lipinski definition) is 2. The van der Waals surface area contributed by atoms with Crippen LogP contribution in [0.2, 0.25) is 0 Å². The van der Waals surface area contributed by atoms with E-state index >= 15 is 0 Å². The minimum atomic E-state index is -0.673. The van der Waals surface area contributed by atoms with E-state index in [-0.39, 0.29) is 5.82 Å². The van der Waals surface area contributed by atoms with E-state index in [1.54, 1.807) is 18.6 Å². The van der Waals surface area contributed by atoms with Gasteiger partial charge >= 0.3 is 0 Å². The summed E-state index contributed by atoms with van der Waals surface area (Å²) in [6, 6.07) is 10.7. The molecule has 0 amide bonds. The number of hydrogen-bond acceptors (Lipinski definition) is 6. The fraction of sp³-hybridized carbons (Fsp3) is 0.292. The number of morpholine rings is 1. The summed E-state index contributed by atoms with van der Waals surface area (Å²) in [6.45, 7) is 4.72. The van der Waals surface area contributed by atoms with Gasteiger partial charge in [0.2, 0.25) is 0 Å². The quantitative estimate of drug-likeness (QED) is 0.502. The van der Waals surface area contributed by atoms with Crippen molar-refractivity contribution in [2.75, 3.05) is 31.2 Å². The predicted molar refractivity (Wildman–Crippen MR) is 122 cm³/mol. The van der Waals surface area contributed by atoms with Gasteiger partial charge in [0.15, 0.2) is 5.82 Å². The van der Waals surface area contributed by atoms with Crippen LogP contribution in [0.3, 0.4) is 0 Å². The Morgan fingerprint density at radius 1 is 1.19 bits per heavy atom. The van der Waals surface area contributed by atoms with Crippen molar-refractivity contribution in [1.82, 2.24) is 19.9 Å². The van der Waals surface area contributed by atoms with E-state index in [0.29, 0.717) is 36.5 Å². The molecular formula is C24H25FN6O. The first-order chi connectivity index (χ1) is 15.5. The zero-order valence-corrected chi connectivity index (χ0v) is 17.9. The van der Waals surface area contributed by atoms with Gasteiger partial charge in [0.1, 0.15) is 11.6 Å². The number of aromatic amines is 1. The summed E-state index contributed by atoms with van der Waals surface area (Å²) in [6.07, 6.45) is 5.78. The molecule has 0 bridgehead atoms. The Kier molecular flexibility index (Phi) is 5.32. The zero-order valence-electron chi connectivity index (χ0n) is 17.9. The van der Waals surface area contributed by atoms with Crippen molar-refractivity contribution >= 4 is 16.7 Å². The van der Waals surface area contributed by atoms with Crippen LogP contribution in [0.4, 0.5) is 10.2 Å². The Morgan fingerprint density at radius 2 is 2.03 bits per heavy atom. The molecule has 8 heteroatoms. The van der Waals surface area contributed by atoms with Gasteiger partial charge in [0.05, 0.1) is 13.2 Å². The third-order valence-corrected chi connectivity index (χ3v) is 5.84. The molecule has 164 valence electrons. The molecule has 4 aromatic rings. The van der Waals surface area contributed by atoms with Crippen molar-refractivity contribution in [3.05, 3.63) is 72.1 Å². The lowest BCUT2D eigenvalue weighted by molar-refractivity contribution is 0.122. The molecule has 1 aliphatic heterocycles. The van der Waals surface area contributed by atoms with E-state index in [0.717, 1.165) is 35.6 Å². The van der Waals surface area contributed by atoms with Crippen LogP contribution in [0.25, 0.3) is 22.3 Å². The lowest BCUT2D eigenvalue weighted by Crippen LogP contribution is -2.38. The highest BCUT2D eigenvalue weighted by Crippen LogP contribution is 2.30. The van der Waals surface area contributed by atoms with Gasteiger partial charge in [-0.15, -0.1) is 0 Å². The van der Waals surface area contributed by atoms with Gasteiger partial charge in [0, 0.05) is 71.9 Å². The Morgan fingerprint density at radius 3 is 2.81 bits per heavy atom. The first kappa shape index (κ1) is 20.5. The monoisotopic (exact) mass is 432 g/mol. The maximum Gasteiger partial charge on any atom is 0.162 e. The van der Waals surface area contributed by atoms with Crippen LogP contribution in [0.15, 0.2) is 55.0 Å². The van der Waals surface area contributed by atoms with Gasteiger partial charge in [-0.3, -0.25) is 4.98 Å². The summed E-state index contributed by atoms with van der Waals surface area (Å²) in [5.74, 6) is 0.939. The minimum absolute atomic E-state index is 0.337. The molecule has 4 heterocycles. The fourth-order valence-corrected chi connectivity index (χ4v) is 4.14. The Labute approximate surface area is 185 Å². The zero-order chi connectivity index (χ0) is 22.1. The van der Waals surface area contributed by atoms with Crippen molar-refractivity contribution in [1.29, 1.82) is 0 Å². The molecule has 1 fully saturated rings. The van der Waals surface area contributed by atoms with Gasteiger partial charge < -0.3 is 20.4 Å². The Hall–Kier alpha value is -3.36. The van der Waals surface area contributed by atoms with Crippen molar-refractivity contribution in [2.45, 2.75) is 18.9 Å². The second kappa shape index (κ2) is 8.29. The second-order valence-electron chi connectivity index (χ2n) is 8.37. The van der Waals surface area contributed by atoms with E-state index in [1.807, 2.05) is 31.2 Å². The highest BCUT2D eigenvalue weighted by molar-refractivity contribution is 5.93. The number of halogens is 1. The topological polar surface area (TPSA) is 92.9 Å². The van der Waals surface area contributed by atoms with Crippen molar-refractivity contribution in [3.63, 3.8) is 0 Å². The SMILES string of the molecule is CC(N)(Cc1cc(N2CCOCC2)nc(-c2cc(F)cc3[nH]ccc23)n1)c1cccnc1. The van der Waals surface area contributed by atoms with Crippen molar-refractivity contribution in [2.24, 2.45) is 5.73 Å². The largest absolute Gasteiger partial charge is 0.378 e. The van der Waals surface area contributed by atoms with E-state index in [4.69, 9.17) is 20.4 Å². The number of H-pyrrole nitrogens is 1. The summed E-state index contributed by atoms with van der Waals surface area (Å²) in [5, 5.41) is 0.874. The summed E-state index contributed by atoms with van der Waals surface area (Å²) in [5.41, 5.74) is 9.09. The third kappa shape index (κ3) is 4.06. The highest BCUT2D eigenvalue weighted by Gasteiger charge is 2.25. The number of rotatable bonds is 5. The second-order valence-corrected chi connectivity index (χ2v) is 8.37. The minimum Gasteiger partial charge on any atom is -0.378 e. The molecule has 1 aromatic carbocycles. The van der Waals surface area contributed by atoms with E-state index in [9.17, 15) is 4.39 Å². The van der Waals surface area contributed by atoms with Crippen LogP contribution in [0.1, 0.15) is 18.2 Å². The van der Waals surface area contributed by atoms with Gasteiger partial charge in [-0.25, -0.2) is 14.4 Å². The molecule has 3 aromatic heterocycles. The lowest BCUT2D eigenvalue weighted by Gasteiger charge is -2.29. The van der Waals surface area contributed by atoms with Crippen LogP contribution in [0.5, 0.6) is 0 Å². The van der Waals surface area contributed by atoms with Gasteiger partial charge in [-0.1, -0.05) is 6.07 Å². The van der Waals surface area contributed by atoms with E-state index in [1.165, 1.54) is 12.1 Å². The first-order valence-electron chi connectivity index (χ1n) is 10.7. The molecule has 7 nitrogen and oxygen atoms in total. The summed E-state index contributed by atoms with van der Waals surface area (Å²) in [7, 11) is 0. The number of anilines is 1. The molecule has 0 radical (unpaired) electrons. The Bertz CT molecular complexity index is 1230. The van der Waals surface area contributed by atoms with E-state index < -0.39 is 5.54 Å². The predicted octanol–water partition coefficient (Wildman–Crippen LogP) is 3.41. The average Bonchev–Trinajstić information content (AvgIpc) is 3.27. The number of pyridine rings is 1. The third-order valence-electron chi connectivity index (χ3n) is 5.84. The molecule has 0 saturated carbocycles. The first-order valence-corrected chi connectivity index (χ1v) is 10.7. The van der Waals surface area contributed by atoms with Crippen LogP contribution in [0, 0.1) is 5.82 Å². The standard InChI is InChI=1S/C24H25FN6O/c1-24(26,16-3-2-5-27-15-16)14-18-13-22(31-7-9-32-10-8-31)30-23(29-18)20-11-17(25)12-21-19(20)4-6-28-21/h2-6,11-13,15,28H,7-10,14,26H2,1H3. The summed E-state index contributed by atoms with van der Waals surface area (Å²) in [4.78, 5) is 19.1. The molecule has 0 aliphatic carbocycles. The molecule has 1 atom stereocenters. The number of benzene rings is 1. The molecule has 0 spiro atoms.